The fourth-order valence-electron chi connectivity index (χ4n) is 2.28. The van der Waals surface area contributed by atoms with Gasteiger partial charge in [0.2, 0.25) is 0 Å². The summed E-state index contributed by atoms with van der Waals surface area (Å²) >= 11 is 3.15. The molecule has 2 aromatic carbocycles. The summed E-state index contributed by atoms with van der Waals surface area (Å²) in [5, 5.41) is 0. The molecule has 26 heavy (non-hydrogen) atoms. The van der Waals surface area contributed by atoms with Gasteiger partial charge in [-0.2, -0.15) is 8.78 Å². The van der Waals surface area contributed by atoms with Gasteiger partial charge in [-0.15, -0.1) is 13.2 Å². The number of benzene rings is 2. The van der Waals surface area contributed by atoms with Crippen LogP contribution >= 0.6 is 15.9 Å². The van der Waals surface area contributed by atoms with Crippen molar-refractivity contribution in [2.24, 2.45) is 0 Å². The van der Waals surface area contributed by atoms with Gasteiger partial charge in [0, 0.05) is 4.47 Å². The van der Waals surface area contributed by atoms with E-state index < -0.39 is 30.1 Å². The van der Waals surface area contributed by atoms with Gasteiger partial charge in [-0.1, -0.05) is 22.0 Å². The molecule has 2 aromatic rings. The molecule has 0 radical (unpaired) electrons. The minimum absolute atomic E-state index is 0.0237. The van der Waals surface area contributed by atoms with E-state index in [-0.39, 0.29) is 16.7 Å². The average molecular weight is 443 g/mol. The Hall–Kier alpha value is -1.90. The molecule has 0 spiro atoms. The first-order chi connectivity index (χ1) is 11.9. The highest BCUT2D eigenvalue weighted by Crippen LogP contribution is 2.43. The Morgan fingerprint density at radius 3 is 2.12 bits per heavy atom. The van der Waals surface area contributed by atoms with Crippen LogP contribution in [0.5, 0.6) is 11.5 Å². The molecule has 2 rings (SSSR count). The number of hydrogen-bond donors (Lipinski definition) is 0. The number of halogens is 7. The Labute approximate surface area is 153 Å². The number of rotatable bonds is 5. The van der Waals surface area contributed by atoms with Gasteiger partial charge in [-0.25, -0.2) is 4.39 Å². The molecule has 0 amide bonds. The van der Waals surface area contributed by atoms with Crippen LogP contribution in [0, 0.1) is 0 Å². The SMILES string of the molecule is CC(C)(F)c1cc(Br)cc(-c2c(OC(F)F)cccc2OC(F)(F)F)c1. The Kier molecular flexibility index (Phi) is 5.79. The molecule has 0 fully saturated rings. The van der Waals surface area contributed by atoms with Gasteiger partial charge in [-0.05, 0) is 55.3 Å². The smallest absolute Gasteiger partial charge is 0.434 e. The van der Waals surface area contributed by atoms with Crippen LogP contribution < -0.4 is 9.47 Å². The van der Waals surface area contributed by atoms with Crippen molar-refractivity contribution >= 4 is 15.9 Å². The maximum absolute atomic E-state index is 14.3. The highest BCUT2D eigenvalue weighted by atomic mass is 79.9. The van der Waals surface area contributed by atoms with E-state index in [0.717, 1.165) is 18.2 Å². The molecular weight excluding hydrogens is 430 g/mol. The summed E-state index contributed by atoms with van der Waals surface area (Å²) in [6, 6.07) is 7.16. The first kappa shape index (κ1) is 20.4. The lowest BCUT2D eigenvalue weighted by atomic mass is 9.94. The first-order valence-electron chi connectivity index (χ1n) is 7.21. The van der Waals surface area contributed by atoms with Crippen LogP contribution in [0.4, 0.5) is 26.3 Å². The Bertz CT molecular complexity index is 784. The van der Waals surface area contributed by atoms with Crippen molar-refractivity contribution in [1.82, 2.24) is 0 Å². The minimum Gasteiger partial charge on any atom is -0.434 e. The normalized spacial score (nSPS) is 12.4. The van der Waals surface area contributed by atoms with Crippen molar-refractivity contribution in [2.45, 2.75) is 32.5 Å². The molecule has 0 saturated heterocycles. The van der Waals surface area contributed by atoms with Crippen molar-refractivity contribution in [2.75, 3.05) is 0 Å². The summed E-state index contributed by atoms with van der Waals surface area (Å²) in [5.74, 6) is -1.26. The zero-order chi connectivity index (χ0) is 19.7. The molecule has 0 aromatic heterocycles. The minimum atomic E-state index is -5.05. The first-order valence-corrected chi connectivity index (χ1v) is 8.00. The molecule has 0 unspecified atom stereocenters. The monoisotopic (exact) mass is 442 g/mol. The van der Waals surface area contributed by atoms with Gasteiger partial charge in [0.1, 0.15) is 17.2 Å². The Morgan fingerprint density at radius 2 is 1.58 bits per heavy atom. The van der Waals surface area contributed by atoms with Crippen molar-refractivity contribution in [3.63, 3.8) is 0 Å². The van der Waals surface area contributed by atoms with E-state index >= 15 is 0 Å². The quantitative estimate of drug-likeness (QED) is 0.473. The van der Waals surface area contributed by atoms with Gasteiger partial charge < -0.3 is 9.47 Å². The number of alkyl halides is 6. The largest absolute Gasteiger partial charge is 0.573 e. The zero-order valence-electron chi connectivity index (χ0n) is 13.5. The molecule has 0 aliphatic carbocycles. The highest BCUT2D eigenvalue weighted by molar-refractivity contribution is 9.10. The lowest BCUT2D eigenvalue weighted by Gasteiger charge is -2.20. The topological polar surface area (TPSA) is 18.5 Å². The van der Waals surface area contributed by atoms with Crippen LogP contribution in [0.3, 0.4) is 0 Å². The second-order valence-corrected chi connectivity index (χ2v) is 6.67. The molecule has 0 atom stereocenters. The third kappa shape index (κ3) is 5.30. The maximum Gasteiger partial charge on any atom is 0.573 e. The van der Waals surface area contributed by atoms with Crippen LogP contribution in [0.2, 0.25) is 0 Å². The standard InChI is InChI=1S/C17H13BrF6O2/c1-16(2,21)10-6-9(7-11(18)8-10)14-12(25-15(19)20)4-3-5-13(14)26-17(22,23)24/h3-8,15H,1-2H3. The van der Waals surface area contributed by atoms with E-state index in [9.17, 15) is 26.3 Å². The van der Waals surface area contributed by atoms with Crippen LogP contribution in [-0.4, -0.2) is 13.0 Å². The Balaban J connectivity index is 2.71. The van der Waals surface area contributed by atoms with Gasteiger partial charge in [0.05, 0.1) is 5.56 Å². The summed E-state index contributed by atoms with van der Waals surface area (Å²) in [4.78, 5) is 0. The molecule has 0 aliphatic heterocycles. The summed E-state index contributed by atoms with van der Waals surface area (Å²) in [6.07, 6.45) is -5.05. The van der Waals surface area contributed by atoms with Crippen LogP contribution in [0.1, 0.15) is 19.4 Å². The molecule has 0 heterocycles. The molecule has 0 bridgehead atoms. The summed E-state index contributed by atoms with van der Waals surface area (Å²) in [6.45, 7) is -0.750. The van der Waals surface area contributed by atoms with Crippen molar-refractivity contribution in [3.8, 4) is 22.6 Å². The molecule has 142 valence electrons. The van der Waals surface area contributed by atoms with E-state index in [1.807, 2.05) is 0 Å². The number of hydrogen-bond acceptors (Lipinski definition) is 2. The van der Waals surface area contributed by atoms with Gasteiger partial charge in [0.15, 0.2) is 0 Å². The van der Waals surface area contributed by atoms with Gasteiger partial charge >= 0.3 is 13.0 Å². The van der Waals surface area contributed by atoms with Gasteiger partial charge in [-0.3, -0.25) is 0 Å². The van der Waals surface area contributed by atoms with Crippen molar-refractivity contribution in [3.05, 3.63) is 46.4 Å². The molecule has 9 heteroatoms. The Morgan fingerprint density at radius 1 is 0.962 bits per heavy atom. The summed E-state index contributed by atoms with van der Waals surface area (Å²) in [5.41, 5.74) is -2.03. The predicted octanol–water partition coefficient (Wildman–Crippen LogP) is 6.82. The summed E-state index contributed by atoms with van der Waals surface area (Å²) in [7, 11) is 0. The van der Waals surface area contributed by atoms with Crippen LogP contribution in [0.15, 0.2) is 40.9 Å². The fourth-order valence-corrected chi connectivity index (χ4v) is 2.77. The van der Waals surface area contributed by atoms with E-state index in [1.54, 1.807) is 0 Å². The van der Waals surface area contributed by atoms with Crippen molar-refractivity contribution in [1.29, 1.82) is 0 Å². The van der Waals surface area contributed by atoms with E-state index in [2.05, 4.69) is 25.4 Å². The lowest BCUT2D eigenvalue weighted by molar-refractivity contribution is -0.274. The zero-order valence-corrected chi connectivity index (χ0v) is 15.1. The fraction of sp³-hybridized carbons (Fsp3) is 0.294. The van der Waals surface area contributed by atoms with Crippen LogP contribution in [-0.2, 0) is 5.67 Å². The predicted molar refractivity (Wildman–Crippen MR) is 87.0 cm³/mol. The average Bonchev–Trinajstić information content (AvgIpc) is 2.43. The third-order valence-electron chi connectivity index (χ3n) is 3.30. The number of ether oxygens (including phenoxy) is 2. The van der Waals surface area contributed by atoms with E-state index in [1.165, 1.54) is 32.0 Å². The second-order valence-electron chi connectivity index (χ2n) is 5.76. The summed E-state index contributed by atoms with van der Waals surface area (Å²) < 4.78 is 86.4. The van der Waals surface area contributed by atoms with Gasteiger partial charge in [0.25, 0.3) is 0 Å². The van der Waals surface area contributed by atoms with E-state index in [0.29, 0.717) is 4.47 Å². The molecule has 0 saturated carbocycles. The third-order valence-corrected chi connectivity index (χ3v) is 3.76. The maximum atomic E-state index is 14.3. The lowest BCUT2D eigenvalue weighted by Crippen LogP contribution is -2.18. The second kappa shape index (κ2) is 7.38. The highest BCUT2D eigenvalue weighted by Gasteiger charge is 2.33. The molecule has 0 N–H and O–H groups in total. The molecule has 0 aliphatic rings. The van der Waals surface area contributed by atoms with Crippen LogP contribution in [0.25, 0.3) is 11.1 Å². The molecule has 2 nitrogen and oxygen atoms in total. The molecular formula is C17H13BrF6O2. The van der Waals surface area contributed by atoms with E-state index in [4.69, 9.17) is 0 Å². The van der Waals surface area contributed by atoms with Crippen molar-refractivity contribution < 1.29 is 35.8 Å².